The Morgan fingerprint density at radius 2 is 2.06 bits per heavy atom. The van der Waals surface area contributed by atoms with Crippen LogP contribution in [-0.4, -0.2) is 11.5 Å². The summed E-state index contributed by atoms with van der Waals surface area (Å²) in [4.78, 5) is 10.6. The predicted octanol–water partition coefficient (Wildman–Crippen LogP) is 4.00. The van der Waals surface area contributed by atoms with Crippen molar-refractivity contribution in [3.8, 4) is 0 Å². The van der Waals surface area contributed by atoms with E-state index in [4.69, 9.17) is 4.74 Å². The molecule has 0 spiro atoms. The molecule has 0 saturated carbocycles. The molecule has 0 aliphatic carbocycles. The molecule has 0 aliphatic heterocycles. The summed E-state index contributed by atoms with van der Waals surface area (Å²) in [7, 11) is 0. The van der Waals surface area contributed by atoms with E-state index in [1.54, 1.807) is 19.1 Å². The van der Waals surface area contributed by atoms with Gasteiger partial charge in [0.05, 0.1) is 17.1 Å². The minimum Gasteiger partial charge on any atom is -0.377 e. The Labute approximate surface area is 108 Å². The van der Waals surface area contributed by atoms with Crippen LogP contribution in [0, 0.1) is 17.0 Å². The molecule has 0 saturated heterocycles. The molecule has 1 aromatic rings. The Morgan fingerprint density at radius 3 is 2.72 bits per heavy atom. The van der Waals surface area contributed by atoms with Crippen molar-refractivity contribution in [2.75, 3.05) is 6.61 Å². The third kappa shape index (κ3) is 4.45. The maximum atomic E-state index is 11.0. The number of nitro benzene ring substituents is 1. The molecule has 0 unspecified atom stereocenters. The number of nitro groups is 1. The highest BCUT2D eigenvalue weighted by atomic mass is 16.6. The molecule has 0 fully saturated rings. The first-order valence-corrected chi connectivity index (χ1v) is 6.47. The van der Waals surface area contributed by atoms with E-state index in [1.165, 1.54) is 12.8 Å². The number of hydrogen-bond acceptors (Lipinski definition) is 3. The van der Waals surface area contributed by atoms with Crippen molar-refractivity contribution in [2.24, 2.45) is 0 Å². The largest absolute Gasteiger partial charge is 0.377 e. The van der Waals surface area contributed by atoms with E-state index < -0.39 is 0 Å². The third-order valence-corrected chi connectivity index (χ3v) is 2.90. The van der Waals surface area contributed by atoms with Crippen LogP contribution in [-0.2, 0) is 11.3 Å². The average Bonchev–Trinajstić information content (AvgIpc) is 2.33. The minimum absolute atomic E-state index is 0.186. The number of rotatable bonds is 8. The maximum Gasteiger partial charge on any atom is 0.277 e. The lowest BCUT2D eigenvalue weighted by Crippen LogP contribution is -2.01. The van der Waals surface area contributed by atoms with E-state index >= 15 is 0 Å². The van der Waals surface area contributed by atoms with Gasteiger partial charge in [-0.1, -0.05) is 38.3 Å². The van der Waals surface area contributed by atoms with Gasteiger partial charge in [-0.05, 0) is 19.4 Å². The zero-order valence-corrected chi connectivity index (χ0v) is 11.1. The fraction of sp³-hybridized carbons (Fsp3) is 0.571. The number of aryl methyl sites for hydroxylation is 1. The molecule has 0 atom stereocenters. The SMILES string of the molecule is CCCCCCOCc1cccc(C)c1[N+](=O)[O-]. The zero-order chi connectivity index (χ0) is 13.4. The Morgan fingerprint density at radius 1 is 1.28 bits per heavy atom. The number of para-hydroxylation sites is 1. The van der Waals surface area contributed by atoms with Crippen LogP contribution < -0.4 is 0 Å². The van der Waals surface area contributed by atoms with Crippen LogP contribution in [0.3, 0.4) is 0 Å². The van der Waals surface area contributed by atoms with Crippen molar-refractivity contribution in [3.05, 3.63) is 39.4 Å². The van der Waals surface area contributed by atoms with Crippen molar-refractivity contribution in [2.45, 2.75) is 46.1 Å². The minimum atomic E-state index is -0.328. The standard InChI is InChI=1S/C14H21NO3/c1-3-4-5-6-10-18-11-13-9-7-8-12(2)14(13)15(16)17/h7-9H,3-6,10-11H2,1-2H3. The molecule has 1 aromatic carbocycles. The lowest BCUT2D eigenvalue weighted by atomic mass is 10.1. The van der Waals surface area contributed by atoms with Crippen molar-refractivity contribution < 1.29 is 9.66 Å². The zero-order valence-electron chi connectivity index (χ0n) is 11.1. The van der Waals surface area contributed by atoms with E-state index in [-0.39, 0.29) is 10.6 Å². The first-order chi connectivity index (χ1) is 8.66. The van der Waals surface area contributed by atoms with Gasteiger partial charge in [0.25, 0.3) is 5.69 Å². The number of ether oxygens (including phenoxy) is 1. The van der Waals surface area contributed by atoms with Crippen molar-refractivity contribution >= 4 is 5.69 Å². The lowest BCUT2D eigenvalue weighted by molar-refractivity contribution is -0.386. The summed E-state index contributed by atoms with van der Waals surface area (Å²) in [5, 5.41) is 11.0. The highest BCUT2D eigenvalue weighted by Gasteiger charge is 2.16. The second-order valence-electron chi connectivity index (χ2n) is 4.45. The van der Waals surface area contributed by atoms with Gasteiger partial charge in [0.15, 0.2) is 0 Å². The second kappa shape index (κ2) is 7.82. The Balaban J connectivity index is 2.47. The summed E-state index contributed by atoms with van der Waals surface area (Å²) in [6.45, 7) is 4.91. The highest BCUT2D eigenvalue weighted by molar-refractivity contribution is 5.46. The van der Waals surface area contributed by atoms with Gasteiger partial charge in [0.2, 0.25) is 0 Å². The average molecular weight is 251 g/mol. The molecule has 18 heavy (non-hydrogen) atoms. The van der Waals surface area contributed by atoms with Gasteiger partial charge in [-0.2, -0.15) is 0 Å². The van der Waals surface area contributed by atoms with Gasteiger partial charge < -0.3 is 4.74 Å². The molecule has 0 radical (unpaired) electrons. The maximum absolute atomic E-state index is 11.0. The van der Waals surface area contributed by atoms with E-state index in [2.05, 4.69) is 6.92 Å². The van der Waals surface area contributed by atoms with Crippen LogP contribution >= 0.6 is 0 Å². The molecule has 0 aromatic heterocycles. The van der Waals surface area contributed by atoms with Crippen LogP contribution in [0.4, 0.5) is 5.69 Å². The quantitative estimate of drug-likeness (QED) is 0.398. The second-order valence-corrected chi connectivity index (χ2v) is 4.45. The van der Waals surface area contributed by atoms with Crippen molar-refractivity contribution in [1.82, 2.24) is 0 Å². The normalized spacial score (nSPS) is 10.6. The number of unbranched alkanes of at least 4 members (excludes halogenated alkanes) is 3. The molecule has 0 amide bonds. The molecular formula is C14H21NO3. The van der Waals surface area contributed by atoms with Crippen LogP contribution in [0.25, 0.3) is 0 Å². The van der Waals surface area contributed by atoms with E-state index in [9.17, 15) is 10.1 Å². The number of nitrogens with zero attached hydrogens (tertiary/aromatic N) is 1. The molecule has 0 N–H and O–H groups in total. The third-order valence-electron chi connectivity index (χ3n) is 2.90. The lowest BCUT2D eigenvalue weighted by Gasteiger charge is -2.06. The van der Waals surface area contributed by atoms with Crippen LogP contribution in [0.5, 0.6) is 0 Å². The number of hydrogen-bond donors (Lipinski definition) is 0. The van der Waals surface area contributed by atoms with Crippen LogP contribution in [0.1, 0.15) is 43.7 Å². The monoisotopic (exact) mass is 251 g/mol. The Hall–Kier alpha value is -1.42. The first-order valence-electron chi connectivity index (χ1n) is 6.47. The van der Waals surface area contributed by atoms with Gasteiger partial charge >= 0.3 is 0 Å². The summed E-state index contributed by atoms with van der Waals surface area (Å²) < 4.78 is 5.51. The highest BCUT2D eigenvalue weighted by Crippen LogP contribution is 2.23. The Bertz CT molecular complexity index is 391. The van der Waals surface area contributed by atoms with Gasteiger partial charge in [-0.15, -0.1) is 0 Å². The summed E-state index contributed by atoms with van der Waals surface area (Å²) in [6.07, 6.45) is 4.59. The molecule has 4 heteroatoms. The molecular weight excluding hydrogens is 230 g/mol. The molecule has 0 bridgehead atoms. The van der Waals surface area contributed by atoms with E-state index in [0.29, 0.717) is 24.3 Å². The smallest absolute Gasteiger partial charge is 0.277 e. The van der Waals surface area contributed by atoms with E-state index in [0.717, 1.165) is 12.8 Å². The molecule has 0 heterocycles. The molecule has 100 valence electrons. The fourth-order valence-corrected chi connectivity index (χ4v) is 1.91. The topological polar surface area (TPSA) is 52.4 Å². The Kier molecular flexibility index (Phi) is 6.36. The summed E-state index contributed by atoms with van der Waals surface area (Å²) in [6, 6.07) is 5.35. The molecule has 1 rings (SSSR count). The van der Waals surface area contributed by atoms with Crippen LogP contribution in [0.2, 0.25) is 0 Å². The van der Waals surface area contributed by atoms with Gasteiger partial charge in [-0.3, -0.25) is 10.1 Å². The predicted molar refractivity (Wildman–Crippen MR) is 71.6 cm³/mol. The van der Waals surface area contributed by atoms with E-state index in [1.807, 2.05) is 6.07 Å². The molecule has 0 aliphatic rings. The van der Waals surface area contributed by atoms with Gasteiger partial charge in [-0.25, -0.2) is 0 Å². The summed E-state index contributed by atoms with van der Waals surface area (Å²) >= 11 is 0. The summed E-state index contributed by atoms with van der Waals surface area (Å²) in [5.41, 5.74) is 1.54. The molecule has 4 nitrogen and oxygen atoms in total. The number of benzene rings is 1. The summed E-state index contributed by atoms with van der Waals surface area (Å²) in [5.74, 6) is 0. The van der Waals surface area contributed by atoms with Crippen LogP contribution in [0.15, 0.2) is 18.2 Å². The fourth-order valence-electron chi connectivity index (χ4n) is 1.91. The van der Waals surface area contributed by atoms with Gasteiger partial charge in [0, 0.05) is 12.2 Å². The van der Waals surface area contributed by atoms with Gasteiger partial charge in [0.1, 0.15) is 0 Å². The van der Waals surface area contributed by atoms with Crippen molar-refractivity contribution in [1.29, 1.82) is 0 Å². The first kappa shape index (κ1) is 14.6. The van der Waals surface area contributed by atoms with Crippen molar-refractivity contribution in [3.63, 3.8) is 0 Å².